The van der Waals surface area contributed by atoms with Gasteiger partial charge in [-0.3, -0.25) is 14.9 Å². The van der Waals surface area contributed by atoms with Crippen molar-refractivity contribution in [2.24, 2.45) is 0 Å². The molecule has 5 nitrogen and oxygen atoms in total. The average Bonchev–Trinajstić information content (AvgIpc) is 2.43. The van der Waals surface area contributed by atoms with Crippen LogP contribution in [0.3, 0.4) is 0 Å². The van der Waals surface area contributed by atoms with Gasteiger partial charge in [-0.05, 0) is 53.3 Å². The predicted molar refractivity (Wildman–Crippen MR) is 90.0 cm³/mol. The second-order valence-corrected chi connectivity index (χ2v) is 5.91. The van der Waals surface area contributed by atoms with Gasteiger partial charge in [0.15, 0.2) is 0 Å². The number of nitro benzene ring substituents is 1. The van der Waals surface area contributed by atoms with Crippen LogP contribution in [0, 0.1) is 20.6 Å². The van der Waals surface area contributed by atoms with Gasteiger partial charge in [-0.2, -0.15) is 0 Å². The first-order valence-corrected chi connectivity index (χ1v) is 7.35. The Morgan fingerprint density at radius 3 is 2.62 bits per heavy atom. The zero-order chi connectivity index (χ0) is 15.6. The first-order chi connectivity index (χ1) is 9.88. The summed E-state index contributed by atoms with van der Waals surface area (Å²) in [5.41, 5.74) is 1.47. The molecule has 7 heteroatoms. The third-order valence-corrected chi connectivity index (χ3v) is 4.43. The molecule has 0 aromatic heterocycles. The molecule has 1 N–H and O–H groups in total. The number of carbonyl (C=O) groups is 1. The molecule has 2 aromatic carbocycles. The number of amides is 1. The molecule has 108 valence electrons. The van der Waals surface area contributed by atoms with Crippen LogP contribution >= 0.6 is 34.2 Å². The quantitative estimate of drug-likeness (QED) is 0.457. The van der Waals surface area contributed by atoms with Crippen molar-refractivity contribution in [1.29, 1.82) is 0 Å². The Labute approximate surface area is 139 Å². The monoisotopic (exact) mass is 416 g/mol. The van der Waals surface area contributed by atoms with E-state index in [1.54, 1.807) is 31.2 Å². The fourth-order valence-corrected chi connectivity index (χ4v) is 2.21. The van der Waals surface area contributed by atoms with Gasteiger partial charge < -0.3 is 5.32 Å². The van der Waals surface area contributed by atoms with E-state index in [-0.39, 0.29) is 11.6 Å². The van der Waals surface area contributed by atoms with Gasteiger partial charge >= 0.3 is 0 Å². The second kappa shape index (κ2) is 6.40. The van der Waals surface area contributed by atoms with Gasteiger partial charge in [-0.15, -0.1) is 0 Å². The molecule has 2 rings (SSSR count). The SMILES string of the molecule is Cc1ccc([N+](=O)[O-])cc1NC(=O)c1ccc(I)c(Cl)c1. The highest BCUT2D eigenvalue weighted by Crippen LogP contribution is 2.24. The molecule has 0 heterocycles. The number of halogens is 2. The van der Waals surface area contributed by atoms with Crippen LogP contribution in [0.4, 0.5) is 11.4 Å². The molecule has 0 spiro atoms. The van der Waals surface area contributed by atoms with Gasteiger partial charge in [0.05, 0.1) is 15.6 Å². The van der Waals surface area contributed by atoms with E-state index in [1.807, 2.05) is 0 Å². The number of hydrogen-bond acceptors (Lipinski definition) is 3. The van der Waals surface area contributed by atoms with Crippen molar-refractivity contribution in [3.05, 3.63) is 66.2 Å². The fourth-order valence-electron chi connectivity index (χ4n) is 1.69. The number of benzene rings is 2. The molecule has 0 radical (unpaired) electrons. The summed E-state index contributed by atoms with van der Waals surface area (Å²) in [7, 11) is 0. The molecule has 0 unspecified atom stereocenters. The second-order valence-electron chi connectivity index (χ2n) is 4.34. The number of aryl methyl sites for hydroxylation is 1. The van der Waals surface area contributed by atoms with Crippen LogP contribution in [0.1, 0.15) is 15.9 Å². The van der Waals surface area contributed by atoms with E-state index in [4.69, 9.17) is 11.6 Å². The molecule has 0 bridgehead atoms. The minimum absolute atomic E-state index is 0.0726. The Balaban J connectivity index is 2.28. The van der Waals surface area contributed by atoms with Crippen molar-refractivity contribution in [2.75, 3.05) is 5.32 Å². The molecule has 0 aliphatic heterocycles. The van der Waals surface area contributed by atoms with Crippen LogP contribution < -0.4 is 5.32 Å². The van der Waals surface area contributed by atoms with Crippen LogP contribution in [-0.2, 0) is 0 Å². The number of nitrogens with one attached hydrogen (secondary N) is 1. The minimum atomic E-state index is -0.503. The van der Waals surface area contributed by atoms with Crippen molar-refractivity contribution in [3.63, 3.8) is 0 Å². The van der Waals surface area contributed by atoms with Gasteiger partial charge in [0.1, 0.15) is 0 Å². The van der Waals surface area contributed by atoms with E-state index in [0.717, 1.165) is 9.13 Å². The first-order valence-electron chi connectivity index (χ1n) is 5.90. The number of hydrogen-bond donors (Lipinski definition) is 1. The van der Waals surface area contributed by atoms with Crippen LogP contribution in [0.2, 0.25) is 5.02 Å². The van der Waals surface area contributed by atoms with Crippen molar-refractivity contribution in [2.45, 2.75) is 6.92 Å². The molecule has 0 saturated carbocycles. The maximum atomic E-state index is 12.2. The molecule has 0 saturated heterocycles. The number of anilines is 1. The lowest BCUT2D eigenvalue weighted by atomic mass is 10.1. The van der Waals surface area contributed by atoms with Gasteiger partial charge in [0.2, 0.25) is 0 Å². The Kier molecular flexibility index (Phi) is 4.79. The zero-order valence-corrected chi connectivity index (χ0v) is 13.8. The highest BCUT2D eigenvalue weighted by atomic mass is 127. The fraction of sp³-hybridized carbons (Fsp3) is 0.0714. The number of non-ortho nitro benzene ring substituents is 1. The van der Waals surface area contributed by atoms with Gasteiger partial charge in [-0.1, -0.05) is 17.7 Å². The molecular formula is C14H10ClIN2O3. The maximum Gasteiger partial charge on any atom is 0.271 e. The number of nitro groups is 1. The lowest BCUT2D eigenvalue weighted by Crippen LogP contribution is -2.13. The smallest absolute Gasteiger partial charge is 0.271 e. The normalized spacial score (nSPS) is 10.2. The van der Waals surface area contributed by atoms with E-state index < -0.39 is 4.92 Å². The van der Waals surface area contributed by atoms with E-state index in [9.17, 15) is 14.9 Å². The lowest BCUT2D eigenvalue weighted by molar-refractivity contribution is -0.384. The maximum absolute atomic E-state index is 12.2. The molecular weight excluding hydrogens is 407 g/mol. The number of carbonyl (C=O) groups excluding carboxylic acids is 1. The standard InChI is InChI=1S/C14H10ClIN2O3/c1-8-2-4-10(18(20)21)7-13(8)17-14(19)9-3-5-12(16)11(15)6-9/h2-7H,1H3,(H,17,19). The highest BCUT2D eigenvalue weighted by Gasteiger charge is 2.13. The van der Waals surface area contributed by atoms with Crippen LogP contribution in [-0.4, -0.2) is 10.8 Å². The molecule has 21 heavy (non-hydrogen) atoms. The van der Waals surface area contributed by atoms with Crippen molar-refractivity contribution in [3.8, 4) is 0 Å². The molecule has 0 atom stereocenters. The first kappa shape index (κ1) is 15.7. The largest absolute Gasteiger partial charge is 0.321 e. The molecule has 0 aliphatic carbocycles. The summed E-state index contributed by atoms with van der Waals surface area (Å²) in [6.07, 6.45) is 0. The summed E-state index contributed by atoms with van der Waals surface area (Å²) in [4.78, 5) is 22.4. The Morgan fingerprint density at radius 1 is 1.29 bits per heavy atom. The van der Waals surface area contributed by atoms with Crippen LogP contribution in [0.5, 0.6) is 0 Å². The molecule has 1 amide bonds. The van der Waals surface area contributed by atoms with Crippen molar-refractivity contribution < 1.29 is 9.72 Å². The van der Waals surface area contributed by atoms with Crippen molar-refractivity contribution >= 4 is 51.5 Å². The number of rotatable bonds is 3. The van der Waals surface area contributed by atoms with Crippen LogP contribution in [0.15, 0.2) is 36.4 Å². The number of nitrogens with zero attached hydrogens (tertiary/aromatic N) is 1. The van der Waals surface area contributed by atoms with Crippen molar-refractivity contribution in [1.82, 2.24) is 0 Å². The van der Waals surface area contributed by atoms with E-state index in [0.29, 0.717) is 16.3 Å². The predicted octanol–water partition coefficient (Wildman–Crippen LogP) is 4.41. The van der Waals surface area contributed by atoms with Gasteiger partial charge in [-0.25, -0.2) is 0 Å². The average molecular weight is 417 g/mol. The summed E-state index contributed by atoms with van der Waals surface area (Å²) in [6.45, 7) is 1.76. The minimum Gasteiger partial charge on any atom is -0.321 e. The molecule has 0 fully saturated rings. The third-order valence-electron chi connectivity index (χ3n) is 2.86. The Morgan fingerprint density at radius 2 is 2.00 bits per heavy atom. The van der Waals surface area contributed by atoms with E-state index in [1.165, 1.54) is 12.1 Å². The van der Waals surface area contributed by atoms with E-state index in [2.05, 4.69) is 27.9 Å². The topological polar surface area (TPSA) is 72.2 Å². The summed E-state index contributed by atoms with van der Waals surface area (Å²) in [6, 6.07) is 9.27. The summed E-state index contributed by atoms with van der Waals surface area (Å²) in [5, 5.41) is 13.9. The summed E-state index contributed by atoms with van der Waals surface area (Å²) < 4.78 is 0.845. The van der Waals surface area contributed by atoms with Gasteiger partial charge in [0, 0.05) is 21.3 Å². The third kappa shape index (κ3) is 3.70. The highest BCUT2D eigenvalue weighted by molar-refractivity contribution is 14.1. The van der Waals surface area contributed by atoms with Gasteiger partial charge in [0.25, 0.3) is 11.6 Å². The Bertz CT molecular complexity index is 734. The lowest BCUT2D eigenvalue weighted by Gasteiger charge is -2.09. The molecule has 0 aliphatic rings. The summed E-state index contributed by atoms with van der Waals surface area (Å²) >= 11 is 8.05. The molecule has 2 aromatic rings. The summed E-state index contributed by atoms with van der Waals surface area (Å²) in [5.74, 6) is -0.364. The zero-order valence-electron chi connectivity index (χ0n) is 10.9. The Hall–Kier alpha value is -1.67. The van der Waals surface area contributed by atoms with E-state index >= 15 is 0 Å². The van der Waals surface area contributed by atoms with Crippen LogP contribution in [0.25, 0.3) is 0 Å².